The minimum Gasteiger partial charge on any atom is -0.478 e. The number of aromatic nitrogens is 3. The molecular weight excluding hydrogens is 312 g/mol. The number of aromatic carboxylic acids is 1. The average Bonchev–Trinajstić information content (AvgIpc) is 3.09. The summed E-state index contributed by atoms with van der Waals surface area (Å²) in [4.78, 5) is 25.2. The van der Waals surface area contributed by atoms with E-state index in [1.54, 1.807) is 35.7 Å². The van der Waals surface area contributed by atoms with Crippen molar-refractivity contribution in [1.82, 2.24) is 15.0 Å². The van der Waals surface area contributed by atoms with E-state index in [1.807, 2.05) is 11.4 Å². The summed E-state index contributed by atoms with van der Waals surface area (Å²) in [6.07, 6.45) is 3.78. The fraction of sp³-hybridized carbons (Fsp3) is 0.125. The van der Waals surface area contributed by atoms with Crippen LogP contribution < -0.4 is 5.32 Å². The number of hydrogen-bond donors (Lipinski definition) is 2. The van der Waals surface area contributed by atoms with E-state index < -0.39 is 5.97 Å². The van der Waals surface area contributed by atoms with Crippen molar-refractivity contribution in [3.63, 3.8) is 0 Å². The molecule has 0 aromatic carbocycles. The van der Waals surface area contributed by atoms with Gasteiger partial charge in [0.1, 0.15) is 11.3 Å². The maximum Gasteiger partial charge on any atom is 0.339 e. The number of carbonyl (C=O) groups is 1. The molecule has 0 aliphatic rings. The van der Waals surface area contributed by atoms with E-state index in [0.29, 0.717) is 23.9 Å². The van der Waals surface area contributed by atoms with Crippen molar-refractivity contribution in [2.24, 2.45) is 0 Å². The Morgan fingerprint density at radius 2 is 2.13 bits per heavy atom. The van der Waals surface area contributed by atoms with Gasteiger partial charge in [-0.15, -0.1) is 11.3 Å². The molecule has 0 bridgehead atoms. The van der Waals surface area contributed by atoms with Crippen molar-refractivity contribution in [3.8, 4) is 11.4 Å². The highest BCUT2D eigenvalue weighted by Gasteiger charge is 2.16. The lowest BCUT2D eigenvalue weighted by molar-refractivity contribution is 0.0697. The van der Waals surface area contributed by atoms with Gasteiger partial charge in [0.05, 0.1) is 5.69 Å². The first kappa shape index (κ1) is 15.1. The first-order chi connectivity index (χ1) is 11.2. The van der Waals surface area contributed by atoms with Gasteiger partial charge in [0.25, 0.3) is 0 Å². The summed E-state index contributed by atoms with van der Waals surface area (Å²) < 4.78 is 0. The fourth-order valence-corrected chi connectivity index (χ4v) is 2.78. The topological polar surface area (TPSA) is 88.0 Å². The lowest BCUT2D eigenvalue weighted by atomic mass is 10.1. The van der Waals surface area contributed by atoms with Crippen LogP contribution in [0.3, 0.4) is 0 Å². The molecule has 0 amide bonds. The second-order valence-electron chi connectivity index (χ2n) is 4.73. The Balaban J connectivity index is 1.81. The third kappa shape index (κ3) is 3.70. The molecule has 0 fully saturated rings. The highest BCUT2D eigenvalue weighted by atomic mass is 32.1. The average molecular weight is 326 g/mol. The summed E-state index contributed by atoms with van der Waals surface area (Å²) in [5, 5.41) is 14.4. The van der Waals surface area contributed by atoms with Gasteiger partial charge in [-0.25, -0.2) is 14.8 Å². The molecular formula is C16H14N4O2S. The van der Waals surface area contributed by atoms with Gasteiger partial charge in [0.15, 0.2) is 0 Å². The molecule has 0 radical (unpaired) electrons. The molecule has 3 aromatic heterocycles. The SMILES string of the molecule is O=C(O)c1cnc(NCCc2cccs2)nc1-c1ccccn1. The quantitative estimate of drug-likeness (QED) is 0.724. The Bertz CT molecular complexity index is 791. The molecule has 0 atom stereocenters. The number of rotatable bonds is 6. The van der Waals surface area contributed by atoms with Gasteiger partial charge >= 0.3 is 5.97 Å². The predicted molar refractivity (Wildman–Crippen MR) is 88.7 cm³/mol. The van der Waals surface area contributed by atoms with Crippen LogP contribution in [-0.2, 0) is 6.42 Å². The zero-order valence-electron chi connectivity index (χ0n) is 12.1. The molecule has 0 aliphatic carbocycles. The Labute approximate surface area is 136 Å². The van der Waals surface area contributed by atoms with Crippen LogP contribution in [0.5, 0.6) is 0 Å². The van der Waals surface area contributed by atoms with Crippen LogP contribution in [-0.4, -0.2) is 32.6 Å². The summed E-state index contributed by atoms with van der Waals surface area (Å²) in [5.74, 6) is -0.678. The number of carboxylic acids is 1. The molecule has 3 rings (SSSR count). The van der Waals surface area contributed by atoms with E-state index in [0.717, 1.165) is 6.42 Å². The van der Waals surface area contributed by atoms with Crippen molar-refractivity contribution >= 4 is 23.3 Å². The van der Waals surface area contributed by atoms with E-state index in [2.05, 4.69) is 26.3 Å². The molecule has 0 aliphatic heterocycles. The van der Waals surface area contributed by atoms with Crippen molar-refractivity contribution < 1.29 is 9.90 Å². The molecule has 0 unspecified atom stereocenters. The Morgan fingerprint density at radius 3 is 2.83 bits per heavy atom. The third-order valence-corrected chi connectivity index (χ3v) is 4.10. The van der Waals surface area contributed by atoms with Gasteiger partial charge in [-0.05, 0) is 30.0 Å². The zero-order chi connectivity index (χ0) is 16.1. The van der Waals surface area contributed by atoms with E-state index in [1.165, 1.54) is 11.1 Å². The minimum absolute atomic E-state index is 0.0347. The minimum atomic E-state index is -1.07. The van der Waals surface area contributed by atoms with Crippen molar-refractivity contribution in [1.29, 1.82) is 0 Å². The fourth-order valence-electron chi connectivity index (χ4n) is 2.07. The molecule has 3 heterocycles. The largest absolute Gasteiger partial charge is 0.478 e. The molecule has 3 aromatic rings. The van der Waals surface area contributed by atoms with Crippen molar-refractivity contribution in [3.05, 3.63) is 58.5 Å². The number of nitrogens with zero attached hydrogens (tertiary/aromatic N) is 3. The summed E-state index contributed by atoms with van der Waals surface area (Å²) in [6.45, 7) is 0.675. The first-order valence-corrected chi connectivity index (χ1v) is 7.90. The van der Waals surface area contributed by atoms with Crippen LogP contribution >= 0.6 is 11.3 Å². The highest BCUT2D eigenvalue weighted by molar-refractivity contribution is 7.09. The lowest BCUT2D eigenvalue weighted by Gasteiger charge is -2.08. The summed E-state index contributed by atoms with van der Waals surface area (Å²) in [5.41, 5.74) is 0.854. The van der Waals surface area contributed by atoms with Gasteiger partial charge < -0.3 is 10.4 Å². The molecule has 0 saturated heterocycles. The highest BCUT2D eigenvalue weighted by Crippen LogP contribution is 2.20. The number of thiophene rings is 1. The maximum atomic E-state index is 11.3. The van der Waals surface area contributed by atoms with Crippen LogP contribution in [0.4, 0.5) is 5.95 Å². The van der Waals surface area contributed by atoms with Crippen molar-refractivity contribution in [2.75, 3.05) is 11.9 Å². The molecule has 2 N–H and O–H groups in total. The number of anilines is 1. The second kappa shape index (κ2) is 6.97. The number of carboxylic acid groups (broad SMARTS) is 1. The normalized spacial score (nSPS) is 10.4. The predicted octanol–water partition coefficient (Wildman–Crippen LogP) is 2.95. The number of pyridine rings is 1. The zero-order valence-corrected chi connectivity index (χ0v) is 13.0. The summed E-state index contributed by atoms with van der Waals surface area (Å²) in [7, 11) is 0. The van der Waals surface area contributed by atoms with Gasteiger partial charge in [0, 0.05) is 23.8 Å². The van der Waals surface area contributed by atoms with E-state index in [-0.39, 0.29) is 5.56 Å². The van der Waals surface area contributed by atoms with Gasteiger partial charge in [-0.1, -0.05) is 12.1 Å². The third-order valence-electron chi connectivity index (χ3n) is 3.16. The van der Waals surface area contributed by atoms with Crippen LogP contribution in [0.2, 0.25) is 0 Å². The van der Waals surface area contributed by atoms with Gasteiger partial charge in [0.2, 0.25) is 5.95 Å². The molecule has 116 valence electrons. The summed E-state index contributed by atoms with van der Waals surface area (Å²) in [6, 6.07) is 9.37. The van der Waals surface area contributed by atoms with Crippen LogP contribution in [0.15, 0.2) is 48.1 Å². The Morgan fingerprint density at radius 1 is 1.22 bits per heavy atom. The van der Waals surface area contributed by atoms with E-state index >= 15 is 0 Å². The Hall–Kier alpha value is -2.80. The Kier molecular flexibility index (Phi) is 4.58. The van der Waals surface area contributed by atoms with E-state index in [4.69, 9.17) is 0 Å². The second-order valence-corrected chi connectivity index (χ2v) is 5.76. The standard InChI is InChI=1S/C16H14N4O2S/c21-15(22)12-10-19-16(18-8-6-11-4-3-9-23-11)20-14(12)13-5-1-2-7-17-13/h1-5,7,9-10H,6,8H2,(H,21,22)(H,18,19,20). The maximum absolute atomic E-state index is 11.3. The monoisotopic (exact) mass is 326 g/mol. The lowest BCUT2D eigenvalue weighted by Crippen LogP contribution is -2.11. The van der Waals surface area contributed by atoms with E-state index in [9.17, 15) is 9.90 Å². The number of hydrogen-bond acceptors (Lipinski definition) is 6. The van der Waals surface area contributed by atoms with Crippen LogP contribution in [0.25, 0.3) is 11.4 Å². The smallest absolute Gasteiger partial charge is 0.339 e. The molecule has 6 nitrogen and oxygen atoms in total. The molecule has 7 heteroatoms. The van der Waals surface area contributed by atoms with Crippen LogP contribution in [0.1, 0.15) is 15.2 Å². The number of nitrogens with one attached hydrogen (secondary N) is 1. The van der Waals surface area contributed by atoms with Gasteiger partial charge in [-0.3, -0.25) is 4.98 Å². The summed E-state index contributed by atoms with van der Waals surface area (Å²) >= 11 is 1.70. The van der Waals surface area contributed by atoms with Gasteiger partial charge in [-0.2, -0.15) is 0 Å². The molecule has 0 spiro atoms. The molecule has 0 saturated carbocycles. The van der Waals surface area contributed by atoms with Crippen LogP contribution in [0, 0.1) is 0 Å². The van der Waals surface area contributed by atoms with Crippen molar-refractivity contribution in [2.45, 2.75) is 6.42 Å². The first-order valence-electron chi connectivity index (χ1n) is 7.02. The molecule has 23 heavy (non-hydrogen) atoms.